The maximum Gasteiger partial charge on any atom is 0.236 e. The lowest BCUT2D eigenvalue weighted by Gasteiger charge is -2.11. The summed E-state index contributed by atoms with van der Waals surface area (Å²) in [5.41, 5.74) is 1.87. The van der Waals surface area contributed by atoms with Crippen molar-refractivity contribution in [2.24, 2.45) is 0 Å². The highest BCUT2D eigenvalue weighted by Crippen LogP contribution is 2.30. The molecule has 0 atom stereocenters. The molecule has 34 heavy (non-hydrogen) atoms. The van der Waals surface area contributed by atoms with Crippen molar-refractivity contribution in [2.75, 3.05) is 7.11 Å². The molecule has 172 valence electrons. The molecule has 5 aromatic rings. The topological polar surface area (TPSA) is 75.2 Å². The second-order valence-corrected chi connectivity index (χ2v) is 9.21. The van der Waals surface area contributed by atoms with Crippen LogP contribution in [0.3, 0.4) is 0 Å². The van der Waals surface area contributed by atoms with Crippen molar-refractivity contribution in [2.45, 2.75) is 24.4 Å². The van der Waals surface area contributed by atoms with E-state index in [9.17, 15) is 0 Å². The Bertz CT molecular complexity index is 1350. The smallest absolute Gasteiger partial charge is 0.236 e. The summed E-state index contributed by atoms with van der Waals surface area (Å²) < 4.78 is 19.1. The first-order valence-corrected chi connectivity index (χ1v) is 12.5. The van der Waals surface area contributed by atoms with Crippen molar-refractivity contribution >= 4 is 23.1 Å². The van der Waals surface area contributed by atoms with E-state index in [0.717, 1.165) is 38.7 Å². The van der Waals surface area contributed by atoms with Gasteiger partial charge < -0.3 is 13.9 Å². The molecule has 7 nitrogen and oxygen atoms in total. The molecule has 0 fully saturated rings. The van der Waals surface area contributed by atoms with Gasteiger partial charge in [-0.15, -0.1) is 21.5 Å². The zero-order valence-electron chi connectivity index (χ0n) is 18.7. The van der Waals surface area contributed by atoms with Crippen molar-refractivity contribution in [3.8, 4) is 28.0 Å². The summed E-state index contributed by atoms with van der Waals surface area (Å²) in [7, 11) is 1.64. The van der Waals surface area contributed by atoms with E-state index < -0.39 is 0 Å². The number of ether oxygens (including phenoxy) is 2. The van der Waals surface area contributed by atoms with E-state index in [2.05, 4.69) is 10.2 Å². The minimum absolute atomic E-state index is 0.278. The fourth-order valence-electron chi connectivity index (χ4n) is 3.34. The molecule has 3 heterocycles. The molecule has 3 aromatic heterocycles. The van der Waals surface area contributed by atoms with Crippen LogP contribution in [0.2, 0.25) is 0 Å². The van der Waals surface area contributed by atoms with E-state index in [-0.39, 0.29) is 6.61 Å². The Hall–Kier alpha value is -3.56. The van der Waals surface area contributed by atoms with Crippen LogP contribution in [-0.2, 0) is 12.4 Å². The van der Waals surface area contributed by atoms with Gasteiger partial charge >= 0.3 is 0 Å². The molecule has 0 N–H and O–H groups in total. The summed E-state index contributed by atoms with van der Waals surface area (Å²) >= 11 is 3.18. The zero-order chi connectivity index (χ0) is 23.3. The molecule has 0 spiro atoms. The Kier molecular flexibility index (Phi) is 6.64. The SMILES string of the molecule is COc1ccc(OCc2nnc(SCc3nc(-c4cccs4)oc3C)n2-c2ccccc2)cc1. The third-order valence-electron chi connectivity index (χ3n) is 5.10. The second kappa shape index (κ2) is 10.1. The minimum Gasteiger partial charge on any atom is -0.497 e. The number of thioether (sulfide) groups is 1. The summed E-state index contributed by atoms with van der Waals surface area (Å²) in [6, 6.07) is 21.5. The zero-order valence-corrected chi connectivity index (χ0v) is 20.3. The molecule has 0 aliphatic carbocycles. The van der Waals surface area contributed by atoms with Gasteiger partial charge in [-0.3, -0.25) is 4.57 Å². The number of aryl methyl sites for hydroxylation is 1. The van der Waals surface area contributed by atoms with Crippen LogP contribution in [0.15, 0.2) is 81.7 Å². The standard InChI is InChI=1S/C25H22N4O3S2/c1-17-21(26-24(32-17)22-9-6-14-33-22)16-34-25-28-27-23(29(25)18-7-4-3-5-8-18)15-31-20-12-10-19(30-2)11-13-20/h3-14H,15-16H2,1-2H3. The van der Waals surface area contributed by atoms with Crippen molar-refractivity contribution in [1.82, 2.24) is 19.7 Å². The summed E-state index contributed by atoms with van der Waals surface area (Å²) in [5, 5.41) is 11.7. The van der Waals surface area contributed by atoms with Crippen LogP contribution < -0.4 is 9.47 Å². The number of oxazole rings is 1. The third kappa shape index (κ3) is 4.85. The maximum atomic E-state index is 5.98. The molecule has 5 rings (SSSR count). The lowest BCUT2D eigenvalue weighted by molar-refractivity contribution is 0.292. The lowest BCUT2D eigenvalue weighted by atomic mass is 10.3. The third-order valence-corrected chi connectivity index (χ3v) is 6.90. The molecule has 0 radical (unpaired) electrons. The fraction of sp³-hybridized carbons (Fsp3) is 0.160. The van der Waals surface area contributed by atoms with Crippen LogP contribution in [0.1, 0.15) is 17.3 Å². The van der Waals surface area contributed by atoms with E-state index in [1.807, 2.05) is 83.6 Å². The summed E-state index contributed by atoms with van der Waals surface area (Å²) in [5.74, 6) is 4.30. The quantitative estimate of drug-likeness (QED) is 0.229. The van der Waals surface area contributed by atoms with Crippen molar-refractivity contribution in [1.29, 1.82) is 0 Å². The second-order valence-electron chi connectivity index (χ2n) is 7.32. The van der Waals surface area contributed by atoms with E-state index in [1.165, 1.54) is 0 Å². The molecule has 2 aromatic carbocycles. The Labute approximate surface area is 205 Å². The summed E-state index contributed by atoms with van der Waals surface area (Å²) in [4.78, 5) is 5.72. The number of rotatable bonds is 9. The van der Waals surface area contributed by atoms with Gasteiger partial charge in [0.25, 0.3) is 0 Å². The van der Waals surface area contributed by atoms with Crippen molar-refractivity contribution in [3.63, 3.8) is 0 Å². The molecular formula is C25H22N4O3S2. The predicted molar refractivity (Wildman–Crippen MR) is 133 cm³/mol. The molecule has 0 aliphatic heterocycles. The largest absolute Gasteiger partial charge is 0.497 e. The number of thiophene rings is 1. The number of benzene rings is 2. The first kappa shape index (κ1) is 22.2. The average Bonchev–Trinajstić information content (AvgIpc) is 3.62. The van der Waals surface area contributed by atoms with Crippen LogP contribution in [0.25, 0.3) is 16.5 Å². The van der Waals surface area contributed by atoms with Gasteiger partial charge in [-0.2, -0.15) is 0 Å². The molecular weight excluding hydrogens is 468 g/mol. The molecule has 0 saturated carbocycles. The number of methoxy groups -OCH3 is 1. The van der Waals surface area contributed by atoms with Crippen LogP contribution in [0.4, 0.5) is 0 Å². The highest BCUT2D eigenvalue weighted by Gasteiger charge is 2.18. The molecule has 0 bridgehead atoms. The molecule has 0 aliphatic rings. The monoisotopic (exact) mass is 490 g/mol. The Morgan fingerprint density at radius 2 is 1.76 bits per heavy atom. The van der Waals surface area contributed by atoms with E-state index >= 15 is 0 Å². The molecule has 0 unspecified atom stereocenters. The van der Waals surface area contributed by atoms with E-state index in [0.29, 0.717) is 17.5 Å². The first-order valence-electron chi connectivity index (χ1n) is 10.6. The van der Waals surface area contributed by atoms with Crippen molar-refractivity contribution < 1.29 is 13.9 Å². The van der Waals surface area contributed by atoms with Gasteiger partial charge in [-0.25, -0.2) is 4.98 Å². The van der Waals surface area contributed by atoms with Gasteiger partial charge in [0.2, 0.25) is 5.89 Å². The predicted octanol–water partition coefficient (Wildman–Crippen LogP) is 6.17. The fourth-order valence-corrected chi connectivity index (χ4v) is 4.97. The normalized spacial score (nSPS) is 11.0. The van der Waals surface area contributed by atoms with Gasteiger partial charge in [0, 0.05) is 11.4 Å². The van der Waals surface area contributed by atoms with Crippen molar-refractivity contribution in [3.05, 3.63) is 89.4 Å². The van der Waals surface area contributed by atoms with Crippen LogP contribution >= 0.6 is 23.1 Å². The van der Waals surface area contributed by atoms with Crippen LogP contribution in [-0.4, -0.2) is 26.9 Å². The summed E-state index contributed by atoms with van der Waals surface area (Å²) in [6.07, 6.45) is 0. The number of nitrogens with zero attached hydrogens (tertiary/aromatic N) is 4. The number of hydrogen-bond donors (Lipinski definition) is 0. The number of aromatic nitrogens is 4. The average molecular weight is 491 g/mol. The van der Waals surface area contributed by atoms with Gasteiger partial charge in [0.15, 0.2) is 11.0 Å². The highest BCUT2D eigenvalue weighted by atomic mass is 32.2. The highest BCUT2D eigenvalue weighted by molar-refractivity contribution is 7.98. The van der Waals surface area contributed by atoms with Gasteiger partial charge in [-0.05, 0) is 54.8 Å². The van der Waals surface area contributed by atoms with E-state index in [4.69, 9.17) is 18.9 Å². The van der Waals surface area contributed by atoms with E-state index in [1.54, 1.807) is 30.2 Å². The Morgan fingerprint density at radius 3 is 2.50 bits per heavy atom. The van der Waals surface area contributed by atoms with Crippen LogP contribution in [0, 0.1) is 6.92 Å². The Morgan fingerprint density at radius 1 is 0.971 bits per heavy atom. The lowest BCUT2D eigenvalue weighted by Crippen LogP contribution is -2.06. The molecule has 0 amide bonds. The number of hydrogen-bond acceptors (Lipinski definition) is 8. The minimum atomic E-state index is 0.278. The first-order chi connectivity index (χ1) is 16.7. The summed E-state index contributed by atoms with van der Waals surface area (Å²) in [6.45, 7) is 2.22. The van der Waals surface area contributed by atoms with Gasteiger partial charge in [0.1, 0.15) is 23.9 Å². The Balaban J connectivity index is 1.36. The molecule has 0 saturated heterocycles. The van der Waals surface area contributed by atoms with Gasteiger partial charge in [-0.1, -0.05) is 36.0 Å². The number of para-hydroxylation sites is 1. The van der Waals surface area contributed by atoms with Crippen LogP contribution in [0.5, 0.6) is 11.5 Å². The van der Waals surface area contributed by atoms with Gasteiger partial charge in [0.05, 0.1) is 17.7 Å². The maximum absolute atomic E-state index is 5.98. The molecule has 9 heteroatoms.